The number of hydrogen-bond acceptors (Lipinski definition) is 2. The van der Waals surface area contributed by atoms with Crippen LogP contribution in [0.4, 0.5) is 18.9 Å². The lowest BCUT2D eigenvalue weighted by Crippen LogP contribution is -2.19. The zero-order valence-electron chi connectivity index (χ0n) is 7.64. The quantitative estimate of drug-likeness (QED) is 0.814. The molecule has 0 heterocycles. The van der Waals surface area contributed by atoms with Crippen molar-refractivity contribution in [3.63, 3.8) is 0 Å². The van der Waals surface area contributed by atoms with Gasteiger partial charge in [0, 0.05) is 17.3 Å². The molecule has 2 nitrogen and oxygen atoms in total. The second-order valence-corrected chi connectivity index (χ2v) is 3.16. The minimum Gasteiger partial charge on any atom is -0.383 e. The SMILES string of the molecule is FC(F)(F)OCCNc1ccc(Cl)cc1. The van der Waals surface area contributed by atoms with Gasteiger partial charge in [0.15, 0.2) is 0 Å². The first kappa shape index (κ1) is 12.1. The highest BCUT2D eigenvalue weighted by Crippen LogP contribution is 2.16. The van der Waals surface area contributed by atoms with Crippen molar-refractivity contribution in [2.24, 2.45) is 0 Å². The lowest BCUT2D eigenvalue weighted by molar-refractivity contribution is -0.322. The van der Waals surface area contributed by atoms with Crippen molar-refractivity contribution in [3.8, 4) is 0 Å². The lowest BCUT2D eigenvalue weighted by atomic mass is 10.3. The van der Waals surface area contributed by atoms with Gasteiger partial charge < -0.3 is 5.32 Å². The van der Waals surface area contributed by atoms with Gasteiger partial charge >= 0.3 is 6.36 Å². The molecule has 15 heavy (non-hydrogen) atoms. The molecule has 0 aliphatic carbocycles. The molecule has 0 amide bonds. The Morgan fingerprint density at radius 1 is 1.20 bits per heavy atom. The first-order valence-corrected chi connectivity index (χ1v) is 4.55. The van der Waals surface area contributed by atoms with E-state index in [-0.39, 0.29) is 6.54 Å². The summed E-state index contributed by atoms with van der Waals surface area (Å²) in [4.78, 5) is 0. The maximum absolute atomic E-state index is 11.6. The summed E-state index contributed by atoms with van der Waals surface area (Å²) in [6.45, 7) is -0.340. The minimum atomic E-state index is -4.57. The molecular formula is C9H9ClF3NO. The Bertz CT molecular complexity index is 299. The Hall–Kier alpha value is -0.940. The molecule has 1 aromatic rings. The number of halogens is 4. The molecule has 0 saturated carbocycles. The Balaban J connectivity index is 2.23. The predicted molar refractivity (Wildman–Crippen MR) is 51.9 cm³/mol. The first-order chi connectivity index (χ1) is 6.97. The van der Waals surface area contributed by atoms with E-state index in [1.807, 2.05) is 0 Å². The third kappa shape index (κ3) is 5.49. The maximum atomic E-state index is 11.6. The van der Waals surface area contributed by atoms with Crippen LogP contribution in [0.15, 0.2) is 24.3 Å². The van der Waals surface area contributed by atoms with Gasteiger partial charge in [-0.25, -0.2) is 0 Å². The largest absolute Gasteiger partial charge is 0.522 e. The summed E-state index contributed by atoms with van der Waals surface area (Å²) in [7, 11) is 0. The average Bonchev–Trinajstić information content (AvgIpc) is 2.14. The number of benzene rings is 1. The van der Waals surface area contributed by atoms with E-state index in [4.69, 9.17) is 11.6 Å². The normalized spacial score (nSPS) is 11.5. The van der Waals surface area contributed by atoms with Crippen LogP contribution in [-0.4, -0.2) is 19.5 Å². The molecule has 0 saturated heterocycles. The molecule has 0 fully saturated rings. The molecule has 1 aromatic carbocycles. The van der Waals surface area contributed by atoms with Crippen LogP contribution in [0.5, 0.6) is 0 Å². The molecule has 1 N–H and O–H groups in total. The monoisotopic (exact) mass is 239 g/mol. The van der Waals surface area contributed by atoms with Crippen molar-refractivity contribution < 1.29 is 17.9 Å². The number of hydrogen-bond donors (Lipinski definition) is 1. The Labute approximate surface area is 90.0 Å². The topological polar surface area (TPSA) is 21.3 Å². The molecule has 0 aromatic heterocycles. The van der Waals surface area contributed by atoms with Crippen molar-refractivity contribution in [1.29, 1.82) is 0 Å². The van der Waals surface area contributed by atoms with Gasteiger partial charge in [0.2, 0.25) is 0 Å². The van der Waals surface area contributed by atoms with Gasteiger partial charge in [0.1, 0.15) is 0 Å². The zero-order valence-corrected chi connectivity index (χ0v) is 8.40. The summed E-state index contributed by atoms with van der Waals surface area (Å²) < 4.78 is 38.3. The van der Waals surface area contributed by atoms with Gasteiger partial charge in [0.05, 0.1) is 6.61 Å². The Morgan fingerprint density at radius 3 is 2.33 bits per heavy atom. The van der Waals surface area contributed by atoms with E-state index >= 15 is 0 Å². The number of anilines is 1. The van der Waals surface area contributed by atoms with Gasteiger partial charge in [0.25, 0.3) is 0 Å². The van der Waals surface area contributed by atoms with Gasteiger partial charge in [-0.05, 0) is 24.3 Å². The molecule has 0 atom stereocenters. The number of ether oxygens (including phenoxy) is 1. The highest BCUT2D eigenvalue weighted by molar-refractivity contribution is 6.30. The molecule has 0 unspecified atom stereocenters. The molecule has 0 radical (unpaired) electrons. The summed E-state index contributed by atoms with van der Waals surface area (Å²) in [6, 6.07) is 6.65. The van der Waals surface area contributed by atoms with Crippen LogP contribution in [0, 0.1) is 0 Å². The summed E-state index contributed by atoms with van der Waals surface area (Å²) in [5.74, 6) is 0. The smallest absolute Gasteiger partial charge is 0.383 e. The average molecular weight is 240 g/mol. The van der Waals surface area contributed by atoms with E-state index in [1.54, 1.807) is 24.3 Å². The first-order valence-electron chi connectivity index (χ1n) is 4.17. The maximum Gasteiger partial charge on any atom is 0.522 e. The van der Waals surface area contributed by atoms with E-state index in [2.05, 4.69) is 10.1 Å². The second-order valence-electron chi connectivity index (χ2n) is 2.73. The molecule has 1 rings (SSSR count). The summed E-state index contributed by atoms with van der Waals surface area (Å²) in [5.41, 5.74) is 0.699. The molecular weight excluding hydrogens is 231 g/mol. The number of alkyl halides is 3. The van der Waals surface area contributed by atoms with Gasteiger partial charge in [-0.3, -0.25) is 4.74 Å². The second kappa shape index (κ2) is 5.23. The predicted octanol–water partition coefficient (Wildman–Crippen LogP) is 3.29. The van der Waals surface area contributed by atoms with Gasteiger partial charge in [-0.15, -0.1) is 13.2 Å². The van der Waals surface area contributed by atoms with Gasteiger partial charge in [-0.1, -0.05) is 11.6 Å². The lowest BCUT2D eigenvalue weighted by Gasteiger charge is -2.09. The third-order valence-corrected chi connectivity index (χ3v) is 1.79. The fourth-order valence-corrected chi connectivity index (χ4v) is 1.06. The minimum absolute atomic E-state index is 0.0845. The van der Waals surface area contributed by atoms with Crippen LogP contribution in [-0.2, 0) is 4.74 Å². The van der Waals surface area contributed by atoms with E-state index in [0.717, 1.165) is 0 Å². The molecule has 6 heteroatoms. The van der Waals surface area contributed by atoms with Crippen molar-refractivity contribution in [1.82, 2.24) is 0 Å². The van der Waals surface area contributed by atoms with Crippen LogP contribution in [0.3, 0.4) is 0 Å². The highest BCUT2D eigenvalue weighted by Gasteiger charge is 2.28. The third-order valence-electron chi connectivity index (χ3n) is 1.54. The number of nitrogens with one attached hydrogen (secondary N) is 1. The zero-order chi connectivity index (χ0) is 11.3. The molecule has 0 aliphatic heterocycles. The van der Waals surface area contributed by atoms with Crippen LogP contribution < -0.4 is 5.32 Å². The van der Waals surface area contributed by atoms with Crippen molar-refractivity contribution >= 4 is 17.3 Å². The van der Waals surface area contributed by atoms with E-state index in [1.165, 1.54) is 0 Å². The fraction of sp³-hybridized carbons (Fsp3) is 0.333. The van der Waals surface area contributed by atoms with Crippen LogP contribution in [0.1, 0.15) is 0 Å². The van der Waals surface area contributed by atoms with E-state index in [0.29, 0.717) is 10.7 Å². The highest BCUT2D eigenvalue weighted by atomic mass is 35.5. The van der Waals surface area contributed by atoms with Crippen molar-refractivity contribution in [2.45, 2.75) is 6.36 Å². The summed E-state index contributed by atoms with van der Waals surface area (Å²) in [6.07, 6.45) is -4.57. The molecule has 84 valence electrons. The summed E-state index contributed by atoms with van der Waals surface area (Å²) in [5, 5.41) is 3.34. The van der Waals surface area contributed by atoms with Crippen LogP contribution in [0.2, 0.25) is 5.02 Å². The van der Waals surface area contributed by atoms with E-state index in [9.17, 15) is 13.2 Å². The van der Waals surface area contributed by atoms with Crippen LogP contribution in [0.25, 0.3) is 0 Å². The molecule has 0 spiro atoms. The van der Waals surface area contributed by atoms with E-state index < -0.39 is 13.0 Å². The molecule has 0 aliphatic rings. The summed E-state index contributed by atoms with van der Waals surface area (Å²) >= 11 is 5.63. The van der Waals surface area contributed by atoms with Crippen molar-refractivity contribution in [2.75, 3.05) is 18.5 Å². The Kier molecular flexibility index (Phi) is 4.23. The number of rotatable bonds is 4. The fourth-order valence-electron chi connectivity index (χ4n) is 0.930. The standard InChI is InChI=1S/C9H9ClF3NO/c10-7-1-3-8(4-2-7)14-5-6-15-9(11,12)13/h1-4,14H,5-6H2. The Morgan fingerprint density at radius 2 is 1.80 bits per heavy atom. The van der Waals surface area contributed by atoms with Crippen molar-refractivity contribution in [3.05, 3.63) is 29.3 Å². The molecule has 0 bridgehead atoms. The van der Waals surface area contributed by atoms with Crippen LogP contribution >= 0.6 is 11.6 Å². The van der Waals surface area contributed by atoms with Gasteiger partial charge in [-0.2, -0.15) is 0 Å².